The summed E-state index contributed by atoms with van der Waals surface area (Å²) in [4.78, 5) is 12.2. The zero-order valence-corrected chi connectivity index (χ0v) is 12.6. The molecule has 0 aromatic heterocycles. The van der Waals surface area contributed by atoms with Crippen molar-refractivity contribution in [3.63, 3.8) is 0 Å². The molecule has 1 amide bonds. The molecule has 3 fully saturated rings. The molecule has 2 aliphatic carbocycles. The van der Waals surface area contributed by atoms with Crippen LogP contribution in [0.1, 0.15) is 38.5 Å². The molecule has 3 rings (SSSR count). The fraction of sp³-hybridized carbons (Fsp3) is 0.923. The van der Waals surface area contributed by atoms with Crippen LogP contribution in [0.15, 0.2) is 0 Å². The van der Waals surface area contributed by atoms with Crippen LogP contribution in [0.5, 0.6) is 0 Å². The van der Waals surface area contributed by atoms with E-state index in [4.69, 9.17) is 4.74 Å². The van der Waals surface area contributed by atoms with Crippen LogP contribution in [0.3, 0.4) is 0 Å². The van der Waals surface area contributed by atoms with Gasteiger partial charge in [0, 0.05) is 19.7 Å². The van der Waals surface area contributed by atoms with Crippen molar-refractivity contribution in [2.75, 3.05) is 20.3 Å². The molecule has 1 unspecified atom stereocenters. The first-order valence-electron chi connectivity index (χ1n) is 7.31. The number of rotatable bonds is 6. The lowest BCUT2D eigenvalue weighted by molar-refractivity contribution is -0.124. The quantitative estimate of drug-likeness (QED) is 0.762. The third kappa shape index (κ3) is 2.35. The van der Waals surface area contributed by atoms with E-state index in [9.17, 15) is 13.2 Å². The molecular weight excluding hydrogens is 280 g/mol. The smallest absolute Gasteiger partial charge is 0.238 e. The summed E-state index contributed by atoms with van der Waals surface area (Å²) < 4.78 is 31.3. The van der Waals surface area contributed by atoms with Gasteiger partial charge in [-0.2, -0.15) is 4.31 Å². The van der Waals surface area contributed by atoms with Crippen molar-refractivity contribution >= 4 is 15.9 Å². The number of ether oxygens (including phenoxy) is 1. The second kappa shape index (κ2) is 4.96. The molecule has 114 valence electrons. The summed E-state index contributed by atoms with van der Waals surface area (Å²) in [7, 11) is -1.93. The van der Waals surface area contributed by atoms with Crippen LogP contribution in [-0.4, -0.2) is 55.7 Å². The second-order valence-corrected chi connectivity index (χ2v) is 8.46. The van der Waals surface area contributed by atoms with Crippen LogP contribution in [0.4, 0.5) is 0 Å². The Morgan fingerprint density at radius 2 is 2.05 bits per heavy atom. The molecule has 6 nitrogen and oxygen atoms in total. The van der Waals surface area contributed by atoms with Crippen LogP contribution >= 0.6 is 0 Å². The summed E-state index contributed by atoms with van der Waals surface area (Å²) in [6.45, 7) is 0.680. The SMILES string of the molecule is COCC1(S(=O)(=O)N2CCCC2C(=O)NC2CC2)CC1. The maximum atomic E-state index is 12.8. The Morgan fingerprint density at radius 1 is 1.35 bits per heavy atom. The van der Waals surface area contributed by atoms with Gasteiger partial charge in [0.1, 0.15) is 10.8 Å². The fourth-order valence-corrected chi connectivity index (χ4v) is 5.23. The molecule has 1 aliphatic heterocycles. The van der Waals surface area contributed by atoms with E-state index in [0.717, 1.165) is 19.3 Å². The number of carbonyl (C=O) groups excluding carboxylic acids is 1. The normalized spacial score (nSPS) is 29.4. The Morgan fingerprint density at radius 3 is 2.60 bits per heavy atom. The van der Waals surface area contributed by atoms with Crippen molar-refractivity contribution in [3.05, 3.63) is 0 Å². The van der Waals surface area contributed by atoms with E-state index in [1.807, 2.05) is 0 Å². The van der Waals surface area contributed by atoms with Gasteiger partial charge in [0.15, 0.2) is 0 Å². The number of hydrogen-bond acceptors (Lipinski definition) is 4. The predicted octanol–water partition coefficient (Wildman–Crippen LogP) is 0.238. The zero-order chi connectivity index (χ0) is 14.4. The molecule has 1 saturated heterocycles. The molecule has 20 heavy (non-hydrogen) atoms. The number of hydrogen-bond donors (Lipinski definition) is 1. The standard InChI is InChI=1S/C13H22N2O4S/c1-19-9-13(6-7-13)20(17,18)15-8-2-3-11(15)12(16)14-10-4-5-10/h10-11H,2-9H2,1H3,(H,14,16). The molecule has 1 atom stereocenters. The Hall–Kier alpha value is -0.660. The minimum absolute atomic E-state index is 0.123. The molecule has 0 radical (unpaired) electrons. The maximum absolute atomic E-state index is 12.8. The van der Waals surface area contributed by atoms with Crippen molar-refractivity contribution < 1.29 is 17.9 Å². The highest BCUT2D eigenvalue weighted by Crippen LogP contribution is 2.47. The minimum atomic E-state index is -3.45. The van der Waals surface area contributed by atoms with E-state index >= 15 is 0 Å². The molecule has 0 aromatic carbocycles. The Kier molecular flexibility index (Phi) is 3.54. The monoisotopic (exact) mass is 302 g/mol. The lowest BCUT2D eigenvalue weighted by Crippen LogP contribution is -2.50. The van der Waals surface area contributed by atoms with E-state index in [-0.39, 0.29) is 18.6 Å². The Labute approximate surface area is 119 Å². The lowest BCUT2D eigenvalue weighted by atomic mass is 10.2. The molecule has 0 spiro atoms. The summed E-state index contributed by atoms with van der Waals surface area (Å²) in [5.74, 6) is -0.123. The van der Waals surface area contributed by atoms with Gasteiger partial charge in [0.2, 0.25) is 15.9 Å². The molecule has 7 heteroatoms. The van der Waals surface area contributed by atoms with Gasteiger partial charge in [0.05, 0.1) is 6.61 Å². The highest BCUT2D eigenvalue weighted by molar-refractivity contribution is 7.90. The third-order valence-electron chi connectivity index (χ3n) is 4.50. The van der Waals surface area contributed by atoms with Crippen molar-refractivity contribution in [1.29, 1.82) is 0 Å². The van der Waals surface area contributed by atoms with Crippen molar-refractivity contribution in [2.24, 2.45) is 0 Å². The molecule has 0 bridgehead atoms. The lowest BCUT2D eigenvalue weighted by Gasteiger charge is -2.28. The number of methoxy groups -OCH3 is 1. The van der Waals surface area contributed by atoms with Crippen LogP contribution < -0.4 is 5.32 Å². The molecule has 3 aliphatic rings. The van der Waals surface area contributed by atoms with Crippen molar-refractivity contribution in [2.45, 2.75) is 55.4 Å². The summed E-state index contributed by atoms with van der Waals surface area (Å²) in [5.41, 5.74) is 0. The van der Waals surface area contributed by atoms with Gasteiger partial charge >= 0.3 is 0 Å². The van der Waals surface area contributed by atoms with Crippen LogP contribution in [-0.2, 0) is 19.6 Å². The van der Waals surface area contributed by atoms with Crippen LogP contribution in [0, 0.1) is 0 Å². The highest BCUT2D eigenvalue weighted by atomic mass is 32.2. The summed E-state index contributed by atoms with van der Waals surface area (Å²) in [5, 5.41) is 2.93. The van der Waals surface area contributed by atoms with Gasteiger partial charge in [-0.25, -0.2) is 8.42 Å². The van der Waals surface area contributed by atoms with Crippen LogP contribution in [0.25, 0.3) is 0 Å². The highest BCUT2D eigenvalue weighted by Gasteiger charge is 2.59. The minimum Gasteiger partial charge on any atom is -0.383 e. The van der Waals surface area contributed by atoms with Crippen molar-refractivity contribution in [1.82, 2.24) is 9.62 Å². The number of nitrogens with zero attached hydrogens (tertiary/aromatic N) is 1. The maximum Gasteiger partial charge on any atom is 0.238 e. The van der Waals surface area contributed by atoms with Crippen LogP contribution in [0.2, 0.25) is 0 Å². The summed E-state index contributed by atoms with van der Waals surface area (Å²) in [6.07, 6.45) is 4.68. The third-order valence-corrected chi connectivity index (χ3v) is 7.18. The zero-order valence-electron chi connectivity index (χ0n) is 11.8. The van der Waals surface area contributed by atoms with Crippen molar-refractivity contribution in [3.8, 4) is 0 Å². The van der Waals surface area contributed by atoms with Gasteiger partial charge in [-0.1, -0.05) is 0 Å². The molecule has 0 aromatic rings. The first kappa shape index (κ1) is 14.3. The average molecular weight is 302 g/mol. The molecule has 2 saturated carbocycles. The number of carbonyl (C=O) groups is 1. The average Bonchev–Trinajstić information content (AvgIpc) is 3.31. The van der Waals surface area contributed by atoms with Gasteiger partial charge in [-0.05, 0) is 38.5 Å². The number of nitrogens with one attached hydrogen (secondary N) is 1. The second-order valence-electron chi connectivity index (χ2n) is 6.17. The Bertz CT molecular complexity index is 497. The van der Waals surface area contributed by atoms with Gasteiger partial charge in [-0.15, -0.1) is 0 Å². The van der Waals surface area contributed by atoms with Gasteiger partial charge in [0.25, 0.3) is 0 Å². The Balaban J connectivity index is 1.75. The summed E-state index contributed by atoms with van der Waals surface area (Å²) >= 11 is 0. The van der Waals surface area contributed by atoms with E-state index in [1.165, 1.54) is 11.4 Å². The predicted molar refractivity (Wildman–Crippen MR) is 73.7 cm³/mol. The first-order chi connectivity index (χ1) is 9.50. The number of amides is 1. The van der Waals surface area contributed by atoms with Gasteiger partial charge < -0.3 is 10.1 Å². The van der Waals surface area contributed by atoms with E-state index in [0.29, 0.717) is 25.8 Å². The topological polar surface area (TPSA) is 75.7 Å². The molecular formula is C13H22N2O4S. The van der Waals surface area contributed by atoms with E-state index in [1.54, 1.807) is 0 Å². The van der Waals surface area contributed by atoms with E-state index < -0.39 is 20.8 Å². The molecule has 1 heterocycles. The summed E-state index contributed by atoms with van der Waals surface area (Å²) in [6, 6.07) is -0.253. The van der Waals surface area contributed by atoms with E-state index in [2.05, 4.69) is 5.32 Å². The largest absolute Gasteiger partial charge is 0.383 e. The fourth-order valence-electron chi connectivity index (χ4n) is 2.94. The van der Waals surface area contributed by atoms with Gasteiger partial charge in [-0.3, -0.25) is 4.79 Å². The first-order valence-corrected chi connectivity index (χ1v) is 8.75. The number of sulfonamides is 1. The molecule has 1 N–H and O–H groups in total.